The fraction of sp³-hybridized carbons (Fsp3) is 0.261. The number of anilines is 2. The lowest BCUT2D eigenvalue weighted by Gasteiger charge is -2.33. The third kappa shape index (κ3) is 3.68. The van der Waals surface area contributed by atoms with E-state index in [4.69, 9.17) is 4.74 Å². The van der Waals surface area contributed by atoms with Gasteiger partial charge in [-0.25, -0.2) is 4.98 Å². The van der Waals surface area contributed by atoms with Crippen LogP contribution < -0.4 is 15.0 Å². The van der Waals surface area contributed by atoms with E-state index in [1.807, 2.05) is 48.7 Å². The number of hydrogen-bond acceptors (Lipinski definition) is 5. The van der Waals surface area contributed by atoms with Crippen LogP contribution in [0, 0.1) is 6.92 Å². The second-order valence-corrected chi connectivity index (χ2v) is 7.96. The van der Waals surface area contributed by atoms with E-state index in [9.17, 15) is 9.59 Å². The number of fused-ring (bicyclic) bond motifs is 1. The van der Waals surface area contributed by atoms with Crippen molar-refractivity contribution in [2.75, 3.05) is 16.8 Å². The second-order valence-electron chi connectivity index (χ2n) is 7.24. The fourth-order valence-electron chi connectivity index (χ4n) is 3.66. The Bertz CT molecular complexity index is 1100. The molecule has 1 unspecified atom stereocenters. The summed E-state index contributed by atoms with van der Waals surface area (Å²) in [7, 11) is 0. The van der Waals surface area contributed by atoms with Gasteiger partial charge in [0.25, 0.3) is 5.91 Å². The van der Waals surface area contributed by atoms with Gasteiger partial charge in [0.2, 0.25) is 5.91 Å². The molecule has 0 bridgehead atoms. The van der Waals surface area contributed by atoms with Crippen LogP contribution in [-0.2, 0) is 16.0 Å². The van der Waals surface area contributed by atoms with Gasteiger partial charge < -0.3 is 10.1 Å². The molecule has 1 aliphatic rings. The van der Waals surface area contributed by atoms with Crippen molar-refractivity contribution in [3.8, 4) is 17.0 Å². The van der Waals surface area contributed by atoms with Gasteiger partial charge in [-0.15, -0.1) is 11.3 Å². The van der Waals surface area contributed by atoms with Crippen LogP contribution in [0.1, 0.15) is 25.0 Å². The molecule has 0 radical (unpaired) electrons. The van der Waals surface area contributed by atoms with Gasteiger partial charge in [0.15, 0.2) is 6.61 Å². The molecule has 154 valence electrons. The maximum atomic E-state index is 13.1. The highest BCUT2D eigenvalue weighted by atomic mass is 32.1. The van der Waals surface area contributed by atoms with Crippen LogP contribution in [0.3, 0.4) is 0 Å². The van der Waals surface area contributed by atoms with E-state index in [1.165, 1.54) is 16.2 Å². The quantitative estimate of drug-likeness (QED) is 0.661. The minimum absolute atomic E-state index is 0.0920. The molecule has 30 heavy (non-hydrogen) atoms. The Labute approximate surface area is 179 Å². The highest BCUT2D eigenvalue weighted by molar-refractivity contribution is 7.07. The zero-order chi connectivity index (χ0) is 21.3. The van der Waals surface area contributed by atoms with Crippen molar-refractivity contribution in [3.63, 3.8) is 0 Å². The van der Waals surface area contributed by atoms with Crippen LogP contribution in [0.2, 0.25) is 0 Å². The second kappa shape index (κ2) is 8.28. The van der Waals surface area contributed by atoms with E-state index in [1.54, 1.807) is 12.4 Å². The normalized spacial score (nSPS) is 14.1. The molecule has 2 aromatic carbocycles. The van der Waals surface area contributed by atoms with Gasteiger partial charge >= 0.3 is 0 Å². The number of ether oxygens (including phenoxy) is 1. The topological polar surface area (TPSA) is 71.5 Å². The summed E-state index contributed by atoms with van der Waals surface area (Å²) in [6.07, 6.45) is 0.808. The molecule has 0 spiro atoms. The first-order valence-electron chi connectivity index (χ1n) is 9.86. The molecule has 1 atom stereocenters. The van der Waals surface area contributed by atoms with Gasteiger partial charge in [-0.3, -0.25) is 14.5 Å². The molecule has 1 N–H and O–H groups in total. The zero-order valence-corrected chi connectivity index (χ0v) is 18.0. The minimum atomic E-state index is -0.699. The number of aryl methyl sites for hydroxylation is 2. The Morgan fingerprint density at radius 1 is 1.33 bits per heavy atom. The lowest BCUT2D eigenvalue weighted by molar-refractivity contribution is -0.125. The van der Waals surface area contributed by atoms with Gasteiger partial charge in [0.1, 0.15) is 11.8 Å². The molecule has 0 saturated carbocycles. The van der Waals surface area contributed by atoms with E-state index in [0.29, 0.717) is 11.4 Å². The van der Waals surface area contributed by atoms with Crippen LogP contribution in [0.25, 0.3) is 11.3 Å². The molecular weight excluding hydrogens is 398 g/mol. The van der Waals surface area contributed by atoms with Crippen molar-refractivity contribution >= 4 is 34.5 Å². The number of amides is 2. The number of carbonyl (C=O) groups is 2. The molecule has 7 heteroatoms. The molecule has 0 saturated heterocycles. The summed E-state index contributed by atoms with van der Waals surface area (Å²) in [6.45, 7) is 5.66. The first-order chi connectivity index (χ1) is 14.5. The number of benzene rings is 2. The smallest absolute Gasteiger partial charge is 0.265 e. The summed E-state index contributed by atoms with van der Waals surface area (Å²) in [5.74, 6) is 0.0960. The molecule has 0 fully saturated rings. The summed E-state index contributed by atoms with van der Waals surface area (Å²) >= 11 is 1.50. The van der Waals surface area contributed by atoms with Crippen molar-refractivity contribution in [3.05, 3.63) is 58.4 Å². The van der Waals surface area contributed by atoms with Crippen molar-refractivity contribution < 1.29 is 14.3 Å². The van der Waals surface area contributed by atoms with E-state index >= 15 is 0 Å². The maximum Gasteiger partial charge on any atom is 0.265 e. The van der Waals surface area contributed by atoms with E-state index in [-0.39, 0.29) is 18.4 Å². The number of carbonyl (C=O) groups excluding carboxylic acids is 2. The number of para-hydroxylation sites is 1. The van der Waals surface area contributed by atoms with Crippen molar-refractivity contribution in [1.82, 2.24) is 4.98 Å². The Hall–Kier alpha value is -3.19. The van der Waals surface area contributed by atoms with E-state index in [2.05, 4.69) is 17.2 Å². The fourth-order valence-corrected chi connectivity index (χ4v) is 4.22. The highest BCUT2D eigenvalue weighted by Crippen LogP contribution is 2.37. The first-order valence-corrected chi connectivity index (χ1v) is 10.8. The monoisotopic (exact) mass is 421 g/mol. The average Bonchev–Trinajstić information content (AvgIpc) is 3.29. The summed E-state index contributed by atoms with van der Waals surface area (Å²) in [4.78, 5) is 31.8. The van der Waals surface area contributed by atoms with Crippen molar-refractivity contribution in [1.29, 1.82) is 0 Å². The van der Waals surface area contributed by atoms with Crippen LogP contribution in [0.4, 0.5) is 11.4 Å². The number of hydrogen-bond donors (Lipinski definition) is 1. The molecule has 4 rings (SSSR count). The number of aromatic nitrogens is 1. The largest absolute Gasteiger partial charge is 0.482 e. The predicted molar refractivity (Wildman–Crippen MR) is 119 cm³/mol. The lowest BCUT2D eigenvalue weighted by atomic mass is 10.0. The Morgan fingerprint density at radius 3 is 2.90 bits per heavy atom. The van der Waals surface area contributed by atoms with Gasteiger partial charge in [-0.05, 0) is 49.6 Å². The molecule has 1 aliphatic heterocycles. The van der Waals surface area contributed by atoms with E-state index < -0.39 is 6.04 Å². The lowest BCUT2D eigenvalue weighted by Crippen LogP contribution is -2.49. The molecule has 2 heterocycles. The Kier molecular flexibility index (Phi) is 5.55. The Balaban J connectivity index is 1.66. The Morgan fingerprint density at radius 2 is 2.17 bits per heavy atom. The SMILES string of the molecule is CCc1cccc(C)c1NC(=O)C(C)N1C(=O)COc2ccc(-c3cscn3)cc21. The molecular formula is C23H23N3O3S. The zero-order valence-electron chi connectivity index (χ0n) is 17.1. The standard InChI is InChI=1S/C23H23N3O3S/c1-4-16-7-5-6-14(2)22(16)25-23(28)15(3)26-19-10-17(18-12-30-13-24-18)8-9-20(19)29-11-21(26)27/h5-10,12-13,15H,4,11H2,1-3H3,(H,25,28). The predicted octanol–water partition coefficient (Wildman–Crippen LogP) is 4.43. The number of nitrogens with zero attached hydrogens (tertiary/aromatic N) is 2. The molecule has 2 amide bonds. The summed E-state index contributed by atoms with van der Waals surface area (Å²) in [5.41, 5.74) is 6.92. The molecule has 6 nitrogen and oxygen atoms in total. The van der Waals surface area contributed by atoms with Crippen LogP contribution in [-0.4, -0.2) is 29.4 Å². The highest BCUT2D eigenvalue weighted by Gasteiger charge is 2.33. The van der Waals surface area contributed by atoms with Crippen LogP contribution in [0.15, 0.2) is 47.3 Å². The third-order valence-corrected chi connectivity index (χ3v) is 5.91. The summed E-state index contributed by atoms with van der Waals surface area (Å²) in [6, 6.07) is 10.8. The van der Waals surface area contributed by atoms with Gasteiger partial charge in [-0.1, -0.05) is 25.1 Å². The van der Waals surface area contributed by atoms with Gasteiger partial charge in [0, 0.05) is 16.6 Å². The molecule has 3 aromatic rings. The van der Waals surface area contributed by atoms with Crippen molar-refractivity contribution in [2.24, 2.45) is 0 Å². The van der Waals surface area contributed by atoms with Crippen molar-refractivity contribution in [2.45, 2.75) is 33.2 Å². The average molecular weight is 422 g/mol. The number of thiazole rings is 1. The van der Waals surface area contributed by atoms with Gasteiger partial charge in [0.05, 0.1) is 16.9 Å². The first kappa shape index (κ1) is 20.1. The van der Waals surface area contributed by atoms with Crippen LogP contribution in [0.5, 0.6) is 5.75 Å². The van der Waals surface area contributed by atoms with E-state index in [0.717, 1.165) is 34.5 Å². The molecule has 1 aromatic heterocycles. The minimum Gasteiger partial charge on any atom is -0.482 e. The maximum absolute atomic E-state index is 13.1. The molecule has 0 aliphatic carbocycles. The number of rotatable bonds is 5. The van der Waals surface area contributed by atoms with Crippen LogP contribution >= 0.6 is 11.3 Å². The number of nitrogens with one attached hydrogen (secondary N) is 1. The summed E-state index contributed by atoms with van der Waals surface area (Å²) < 4.78 is 5.60. The van der Waals surface area contributed by atoms with Gasteiger partial charge in [-0.2, -0.15) is 0 Å². The summed E-state index contributed by atoms with van der Waals surface area (Å²) in [5, 5.41) is 4.98. The third-order valence-electron chi connectivity index (χ3n) is 5.32.